The Morgan fingerprint density at radius 1 is 0.643 bits per heavy atom. The molecule has 21 atom stereocenters. The molecule has 0 radical (unpaired) electrons. The lowest BCUT2D eigenvalue weighted by molar-refractivity contribution is -0.345. The highest BCUT2D eigenvalue weighted by Crippen LogP contribution is 2.93. The van der Waals surface area contributed by atoms with Crippen LogP contribution in [-0.2, 0) is 23.7 Å². The Kier molecular flexibility index (Phi) is 9.95. The third-order valence-corrected chi connectivity index (χ3v) is 18.6. The van der Waals surface area contributed by atoms with Crippen LogP contribution in [0.3, 0.4) is 0 Å². The second-order valence-electron chi connectivity index (χ2n) is 21.6. The molecule has 8 aliphatic rings. The fourth-order valence-corrected chi connectivity index (χ4v) is 15.6. The van der Waals surface area contributed by atoms with Crippen LogP contribution in [-0.4, -0.2) is 150 Å². The number of fused-ring (bicyclic) bond motifs is 2. The maximum Gasteiger partial charge on any atom is 0.186 e. The van der Waals surface area contributed by atoms with Gasteiger partial charge in [-0.15, -0.1) is 0 Å². The fourth-order valence-electron chi connectivity index (χ4n) is 15.6. The van der Waals surface area contributed by atoms with Crippen LogP contribution in [0.1, 0.15) is 113 Å². The summed E-state index contributed by atoms with van der Waals surface area (Å²) >= 11 is 0. The van der Waals surface area contributed by atoms with Gasteiger partial charge in [-0.05, 0) is 117 Å². The summed E-state index contributed by atoms with van der Waals surface area (Å²) in [5.74, 6) is -0.378. The molecule has 0 aromatic carbocycles. The highest BCUT2D eigenvalue weighted by Gasteiger charge is 2.89. The van der Waals surface area contributed by atoms with Gasteiger partial charge in [0.2, 0.25) is 0 Å². The van der Waals surface area contributed by atoms with Crippen LogP contribution in [0.5, 0.6) is 0 Å². The molecule has 3 heterocycles. The summed E-state index contributed by atoms with van der Waals surface area (Å²) in [6.45, 7) is 16.5. The van der Waals surface area contributed by atoms with Gasteiger partial charge in [-0.2, -0.15) is 0 Å². The number of rotatable bonds is 6. The summed E-state index contributed by atoms with van der Waals surface area (Å²) in [7, 11) is 0. The molecule has 14 heteroatoms. The van der Waals surface area contributed by atoms with Crippen molar-refractivity contribution >= 4 is 0 Å². The predicted molar refractivity (Wildman–Crippen MR) is 198 cm³/mol. The lowest BCUT2D eigenvalue weighted by Gasteiger charge is -2.70. The van der Waals surface area contributed by atoms with E-state index in [1.165, 1.54) is 0 Å². The first-order valence-electron chi connectivity index (χ1n) is 21.2. The van der Waals surface area contributed by atoms with Gasteiger partial charge in [0.1, 0.15) is 42.7 Å². The first-order chi connectivity index (χ1) is 25.9. The van der Waals surface area contributed by atoms with Gasteiger partial charge in [0.25, 0.3) is 0 Å². The fraction of sp³-hybridized carbons (Fsp3) is 1.00. The third-order valence-electron chi connectivity index (χ3n) is 18.6. The quantitative estimate of drug-likeness (QED) is 0.172. The standard InChI is InChI=1S/C42H70O14/c1-35(2)25(55-33-29(50)26(47)21(45)18-52-33)10-12-41-19-42(41)14-13-37(5)31(38(6)11-9-24(46)36(3,4)56-38)20(44)15-39(37,7)40(42,8)16-22(32(35)41)53-34-30(51)28(49)27(48)23(17-43)54-34/h20-34,43-51H,9-19H2,1-8H3/t20-,21+,22-,23+,24-,25-,26-,27+,28-,29+,30+,31-,32?,33-,34+,37+,38+,39+,40-,41+,42-/m0/s1. The van der Waals surface area contributed by atoms with Gasteiger partial charge in [0.05, 0.1) is 48.8 Å². The van der Waals surface area contributed by atoms with E-state index in [0.717, 1.165) is 25.7 Å². The summed E-state index contributed by atoms with van der Waals surface area (Å²) in [4.78, 5) is 0. The predicted octanol–water partition coefficient (Wildman–Crippen LogP) is 1.11. The molecule has 1 unspecified atom stereocenters. The van der Waals surface area contributed by atoms with Crippen LogP contribution in [0.15, 0.2) is 0 Å². The Morgan fingerprint density at radius 3 is 1.98 bits per heavy atom. The van der Waals surface area contributed by atoms with E-state index in [4.69, 9.17) is 23.7 Å². The number of ether oxygens (including phenoxy) is 5. The molecule has 5 saturated carbocycles. The van der Waals surface area contributed by atoms with Crippen molar-refractivity contribution in [2.75, 3.05) is 13.2 Å². The lowest BCUT2D eigenvalue weighted by atomic mass is 9.35. The Labute approximate surface area is 330 Å². The van der Waals surface area contributed by atoms with Gasteiger partial charge in [-0.3, -0.25) is 0 Å². The molecule has 56 heavy (non-hydrogen) atoms. The Bertz CT molecular complexity index is 1510. The molecule has 0 amide bonds. The molecule has 0 bridgehead atoms. The van der Waals surface area contributed by atoms with E-state index < -0.39 is 114 Å². The largest absolute Gasteiger partial charge is 0.394 e. The summed E-state index contributed by atoms with van der Waals surface area (Å²) in [6, 6.07) is 0. The first kappa shape index (κ1) is 42.1. The van der Waals surface area contributed by atoms with E-state index >= 15 is 0 Å². The zero-order valence-corrected chi connectivity index (χ0v) is 34.5. The number of aliphatic hydroxyl groups excluding tert-OH is 9. The van der Waals surface area contributed by atoms with Crippen LogP contribution >= 0.6 is 0 Å². The highest BCUT2D eigenvalue weighted by molar-refractivity contribution is 5.37. The van der Waals surface area contributed by atoms with Crippen LogP contribution in [0.2, 0.25) is 0 Å². The highest BCUT2D eigenvalue weighted by atomic mass is 16.7. The van der Waals surface area contributed by atoms with E-state index in [0.29, 0.717) is 32.1 Å². The van der Waals surface area contributed by atoms with Crippen molar-refractivity contribution in [2.24, 2.45) is 44.3 Å². The molecule has 8 rings (SSSR count). The summed E-state index contributed by atoms with van der Waals surface area (Å²) in [5, 5.41) is 97.6. The molecule has 5 aliphatic carbocycles. The minimum absolute atomic E-state index is 0.129. The monoisotopic (exact) mass is 798 g/mol. The van der Waals surface area contributed by atoms with Gasteiger partial charge in [-0.1, -0.05) is 34.6 Å². The minimum atomic E-state index is -1.61. The second-order valence-corrected chi connectivity index (χ2v) is 21.6. The zero-order valence-electron chi connectivity index (χ0n) is 34.5. The van der Waals surface area contributed by atoms with Crippen LogP contribution in [0.25, 0.3) is 0 Å². The number of hydrogen-bond acceptors (Lipinski definition) is 14. The van der Waals surface area contributed by atoms with Crippen molar-refractivity contribution in [3.63, 3.8) is 0 Å². The molecule has 9 N–H and O–H groups in total. The Balaban J connectivity index is 1.18. The summed E-state index contributed by atoms with van der Waals surface area (Å²) < 4.78 is 32.1. The smallest absolute Gasteiger partial charge is 0.186 e. The number of aliphatic hydroxyl groups is 9. The minimum Gasteiger partial charge on any atom is -0.394 e. The van der Waals surface area contributed by atoms with Crippen molar-refractivity contribution in [2.45, 2.75) is 204 Å². The normalized spacial score (nSPS) is 60.1. The average Bonchev–Trinajstić information content (AvgIpc) is 3.72. The van der Waals surface area contributed by atoms with Crippen molar-refractivity contribution in [3.8, 4) is 0 Å². The molecule has 0 aromatic heterocycles. The second kappa shape index (κ2) is 13.2. The Hall–Kier alpha value is -0.560. The van der Waals surface area contributed by atoms with Gasteiger partial charge >= 0.3 is 0 Å². The van der Waals surface area contributed by atoms with Gasteiger partial charge < -0.3 is 69.6 Å². The summed E-state index contributed by atoms with van der Waals surface area (Å²) in [5.41, 5.74) is -3.61. The van der Waals surface area contributed by atoms with Crippen LogP contribution in [0, 0.1) is 44.3 Å². The van der Waals surface area contributed by atoms with Gasteiger partial charge in [0.15, 0.2) is 12.6 Å². The topological polar surface area (TPSA) is 228 Å². The average molecular weight is 799 g/mol. The van der Waals surface area contributed by atoms with Gasteiger partial charge in [-0.25, -0.2) is 0 Å². The summed E-state index contributed by atoms with van der Waals surface area (Å²) in [6.07, 6.45) is -8.30. The maximum absolute atomic E-state index is 12.4. The molecule has 3 saturated heterocycles. The molecule has 322 valence electrons. The van der Waals surface area contributed by atoms with E-state index in [-0.39, 0.29) is 34.7 Å². The van der Waals surface area contributed by atoms with Crippen molar-refractivity contribution in [3.05, 3.63) is 0 Å². The zero-order chi connectivity index (χ0) is 41.0. The van der Waals surface area contributed by atoms with E-state index in [1.54, 1.807) is 0 Å². The molecule has 0 aromatic rings. The maximum atomic E-state index is 12.4. The number of hydrogen-bond donors (Lipinski definition) is 9. The van der Waals surface area contributed by atoms with Crippen LogP contribution < -0.4 is 0 Å². The van der Waals surface area contributed by atoms with Crippen molar-refractivity contribution in [1.29, 1.82) is 0 Å². The van der Waals surface area contributed by atoms with E-state index in [9.17, 15) is 46.0 Å². The van der Waals surface area contributed by atoms with Crippen LogP contribution in [0.4, 0.5) is 0 Å². The molecule has 2 spiro atoms. The third kappa shape index (κ3) is 5.37. The van der Waals surface area contributed by atoms with Gasteiger partial charge in [0, 0.05) is 5.92 Å². The molecule has 14 nitrogen and oxygen atoms in total. The van der Waals surface area contributed by atoms with E-state index in [2.05, 4.69) is 41.5 Å². The van der Waals surface area contributed by atoms with Crippen molar-refractivity contribution in [1.82, 2.24) is 0 Å². The van der Waals surface area contributed by atoms with Crippen molar-refractivity contribution < 1.29 is 69.6 Å². The lowest BCUT2D eigenvalue weighted by Crippen LogP contribution is -2.68. The first-order valence-corrected chi connectivity index (χ1v) is 21.2. The molecular weight excluding hydrogens is 728 g/mol. The molecule has 3 aliphatic heterocycles. The SMILES string of the molecule is CC1(C)O[C@@](C)([C@H]2[C@@H](O)C[C@@]3(C)[C@]4(C)C[C@H](O[C@@H]5O[C@H](CO)[C@@H](O)[C@H](O)[C@H]5O)C5C(C)(C)[C@@H](O[C@@H]6OC[C@@H](O)[C@H](O)[C@H]6O)CC[C@@]56C[C@]64CC[C@]23C)CC[C@@H]1O. The Morgan fingerprint density at radius 2 is 1.32 bits per heavy atom. The molecular formula is C42H70O14. The molecule has 8 fully saturated rings. The van der Waals surface area contributed by atoms with E-state index in [1.807, 2.05) is 13.8 Å².